The molecule has 0 aliphatic heterocycles. The van der Waals surface area contributed by atoms with Gasteiger partial charge in [0.25, 0.3) is 0 Å². The first-order chi connectivity index (χ1) is 10.3. The van der Waals surface area contributed by atoms with Gasteiger partial charge in [0.1, 0.15) is 0 Å². The zero-order valence-corrected chi connectivity index (χ0v) is 14.6. The first-order valence-electron chi connectivity index (χ1n) is 7.28. The molecular formula is C14H27O7P. The number of carboxylic acid groups (broad SMARTS) is 1. The standard InChI is InChI=1S/C10H19O5P.C4H8O2/c1-4-13-10(11)8-7-9-16(12,14-5-2)15-6-3;1-2-3-4(5)6/h7-8H,4-6,9H2,1-3H3;2-3H2,1H3,(H,5,6)/b8-7+;. The third-order valence-electron chi connectivity index (χ3n) is 1.99. The highest BCUT2D eigenvalue weighted by Crippen LogP contribution is 2.47. The molecule has 0 aromatic carbocycles. The molecule has 0 amide bonds. The molecule has 0 fully saturated rings. The number of carbonyl (C=O) groups excluding carboxylic acids is 1. The van der Waals surface area contributed by atoms with Crippen molar-refractivity contribution >= 4 is 19.5 Å². The lowest BCUT2D eigenvalue weighted by Gasteiger charge is -2.14. The van der Waals surface area contributed by atoms with Crippen molar-refractivity contribution < 1.29 is 33.0 Å². The molecule has 0 aliphatic rings. The second-order valence-corrected chi connectivity index (χ2v) is 6.03. The van der Waals surface area contributed by atoms with E-state index in [0.29, 0.717) is 26.2 Å². The largest absolute Gasteiger partial charge is 0.481 e. The maximum Gasteiger partial charge on any atom is 0.334 e. The molecule has 0 aliphatic carbocycles. The zero-order chi connectivity index (χ0) is 17.4. The average molecular weight is 338 g/mol. The van der Waals surface area contributed by atoms with Gasteiger partial charge in [-0.1, -0.05) is 13.0 Å². The molecule has 1 N–H and O–H groups in total. The van der Waals surface area contributed by atoms with E-state index in [9.17, 15) is 14.2 Å². The topological polar surface area (TPSA) is 99.1 Å². The summed E-state index contributed by atoms with van der Waals surface area (Å²) in [6, 6.07) is 0. The lowest BCUT2D eigenvalue weighted by Crippen LogP contribution is -2.01. The number of hydrogen-bond donors (Lipinski definition) is 1. The second kappa shape index (κ2) is 14.8. The van der Waals surface area contributed by atoms with Gasteiger partial charge < -0.3 is 18.9 Å². The number of aliphatic carboxylic acids is 1. The minimum Gasteiger partial charge on any atom is -0.481 e. The van der Waals surface area contributed by atoms with Crippen molar-refractivity contribution in [1.82, 2.24) is 0 Å². The number of carbonyl (C=O) groups is 2. The van der Waals surface area contributed by atoms with Gasteiger partial charge in [-0.05, 0) is 27.2 Å². The van der Waals surface area contributed by atoms with Crippen LogP contribution in [0.4, 0.5) is 0 Å². The second-order valence-electron chi connectivity index (χ2n) is 3.93. The van der Waals surface area contributed by atoms with E-state index in [1.165, 1.54) is 12.2 Å². The molecule has 22 heavy (non-hydrogen) atoms. The van der Waals surface area contributed by atoms with Crippen molar-refractivity contribution in [2.75, 3.05) is 26.0 Å². The van der Waals surface area contributed by atoms with Crippen LogP contribution in [-0.4, -0.2) is 43.0 Å². The van der Waals surface area contributed by atoms with Crippen molar-refractivity contribution in [1.29, 1.82) is 0 Å². The lowest BCUT2D eigenvalue weighted by atomic mass is 10.4. The third kappa shape index (κ3) is 15.2. The molecule has 8 heteroatoms. The fourth-order valence-electron chi connectivity index (χ4n) is 1.22. The lowest BCUT2D eigenvalue weighted by molar-refractivity contribution is -0.138. The molecule has 0 bridgehead atoms. The first-order valence-corrected chi connectivity index (χ1v) is 9.01. The van der Waals surface area contributed by atoms with Crippen molar-refractivity contribution in [3.05, 3.63) is 12.2 Å². The highest BCUT2D eigenvalue weighted by molar-refractivity contribution is 7.54. The zero-order valence-electron chi connectivity index (χ0n) is 13.7. The summed E-state index contributed by atoms with van der Waals surface area (Å²) < 4.78 is 26.7. The van der Waals surface area contributed by atoms with E-state index in [-0.39, 0.29) is 6.16 Å². The van der Waals surface area contributed by atoms with Gasteiger partial charge >= 0.3 is 19.5 Å². The van der Waals surface area contributed by atoms with Crippen molar-refractivity contribution in [2.45, 2.75) is 40.5 Å². The number of rotatable bonds is 10. The predicted molar refractivity (Wildman–Crippen MR) is 84.0 cm³/mol. The summed E-state index contributed by atoms with van der Waals surface area (Å²) in [5.41, 5.74) is 0. The monoisotopic (exact) mass is 338 g/mol. The number of esters is 1. The van der Waals surface area contributed by atoms with E-state index in [1.54, 1.807) is 20.8 Å². The van der Waals surface area contributed by atoms with Gasteiger partial charge in [0.05, 0.1) is 26.0 Å². The van der Waals surface area contributed by atoms with E-state index < -0.39 is 19.5 Å². The molecule has 0 heterocycles. The smallest absolute Gasteiger partial charge is 0.334 e. The Kier molecular flexibility index (Phi) is 15.5. The van der Waals surface area contributed by atoms with Gasteiger partial charge in [-0.15, -0.1) is 0 Å². The number of allylic oxidation sites excluding steroid dienone is 1. The van der Waals surface area contributed by atoms with Crippen LogP contribution in [0.15, 0.2) is 12.2 Å². The maximum atomic E-state index is 11.9. The SMILES string of the molecule is CCCC(=O)O.CCOC(=O)/C=C/CP(=O)(OCC)OCC. The number of carboxylic acids is 1. The van der Waals surface area contributed by atoms with E-state index in [4.69, 9.17) is 14.2 Å². The normalized spacial score (nSPS) is 10.9. The summed E-state index contributed by atoms with van der Waals surface area (Å²) in [4.78, 5) is 20.6. The Morgan fingerprint density at radius 3 is 1.91 bits per heavy atom. The third-order valence-corrected chi connectivity index (χ3v) is 3.95. The van der Waals surface area contributed by atoms with Crippen LogP contribution in [0.3, 0.4) is 0 Å². The molecule has 0 rings (SSSR count). The maximum absolute atomic E-state index is 11.9. The van der Waals surface area contributed by atoms with Gasteiger partial charge in [0.2, 0.25) is 0 Å². The summed E-state index contributed by atoms with van der Waals surface area (Å²) in [6.07, 6.45) is 3.78. The molecular weight excluding hydrogens is 311 g/mol. The van der Waals surface area contributed by atoms with Crippen LogP contribution in [-0.2, 0) is 27.9 Å². The summed E-state index contributed by atoms with van der Waals surface area (Å²) >= 11 is 0. The minimum absolute atomic E-state index is 0.0769. The van der Waals surface area contributed by atoms with E-state index in [1.807, 2.05) is 6.92 Å². The van der Waals surface area contributed by atoms with E-state index >= 15 is 0 Å². The van der Waals surface area contributed by atoms with Crippen molar-refractivity contribution in [3.8, 4) is 0 Å². The first kappa shape index (κ1) is 23.1. The van der Waals surface area contributed by atoms with Crippen LogP contribution < -0.4 is 0 Å². The molecule has 0 saturated carbocycles. The van der Waals surface area contributed by atoms with Gasteiger partial charge in [-0.2, -0.15) is 0 Å². The number of hydrogen-bond acceptors (Lipinski definition) is 6. The highest BCUT2D eigenvalue weighted by Gasteiger charge is 2.21. The molecule has 0 saturated heterocycles. The summed E-state index contributed by atoms with van der Waals surface area (Å²) in [5.74, 6) is -1.17. The highest BCUT2D eigenvalue weighted by atomic mass is 31.2. The molecule has 0 spiro atoms. The predicted octanol–water partition coefficient (Wildman–Crippen LogP) is 3.24. The van der Waals surface area contributed by atoms with Gasteiger partial charge in [-0.25, -0.2) is 4.79 Å². The van der Waals surface area contributed by atoms with Gasteiger partial charge in [-0.3, -0.25) is 9.36 Å². The Morgan fingerprint density at radius 2 is 1.59 bits per heavy atom. The van der Waals surface area contributed by atoms with Gasteiger partial charge in [0, 0.05) is 12.5 Å². The fourth-order valence-corrected chi connectivity index (χ4v) is 2.65. The van der Waals surface area contributed by atoms with E-state index in [0.717, 1.165) is 6.42 Å². The fraction of sp³-hybridized carbons (Fsp3) is 0.714. The van der Waals surface area contributed by atoms with Crippen LogP contribution in [0.25, 0.3) is 0 Å². The van der Waals surface area contributed by atoms with Crippen LogP contribution in [0.5, 0.6) is 0 Å². The van der Waals surface area contributed by atoms with Crippen LogP contribution >= 0.6 is 7.60 Å². The summed E-state index contributed by atoms with van der Waals surface area (Å²) in [7, 11) is -3.09. The Bertz CT molecular complexity index is 369. The molecule has 0 aromatic heterocycles. The molecule has 0 unspecified atom stereocenters. The van der Waals surface area contributed by atoms with E-state index in [2.05, 4.69) is 4.74 Å². The van der Waals surface area contributed by atoms with Crippen molar-refractivity contribution in [2.24, 2.45) is 0 Å². The Hall–Kier alpha value is -1.17. The van der Waals surface area contributed by atoms with Crippen molar-refractivity contribution in [3.63, 3.8) is 0 Å². The van der Waals surface area contributed by atoms with Gasteiger partial charge in [0.15, 0.2) is 0 Å². The van der Waals surface area contributed by atoms with Crippen LogP contribution in [0, 0.1) is 0 Å². The van der Waals surface area contributed by atoms with Crippen LogP contribution in [0.1, 0.15) is 40.5 Å². The summed E-state index contributed by atoms with van der Waals surface area (Å²) in [5, 5.41) is 7.91. The Morgan fingerprint density at radius 1 is 1.05 bits per heavy atom. The molecule has 0 atom stereocenters. The molecule has 0 radical (unpaired) electrons. The average Bonchev–Trinajstić information content (AvgIpc) is 2.40. The Balaban J connectivity index is 0. The molecule has 7 nitrogen and oxygen atoms in total. The summed E-state index contributed by atoms with van der Waals surface area (Å²) in [6.45, 7) is 7.97. The minimum atomic E-state index is -3.09. The number of ether oxygens (including phenoxy) is 1. The molecule has 0 aromatic rings. The quantitative estimate of drug-likeness (QED) is 0.371. The molecule has 130 valence electrons. The Labute approximate surface area is 132 Å². The van der Waals surface area contributed by atoms with Crippen LogP contribution in [0.2, 0.25) is 0 Å².